The van der Waals surface area contributed by atoms with Crippen LogP contribution in [0.3, 0.4) is 0 Å². The van der Waals surface area contributed by atoms with Crippen LogP contribution in [0.15, 0.2) is 0 Å². The van der Waals surface area contributed by atoms with Crippen LogP contribution in [-0.4, -0.2) is 11.2 Å². The molecule has 1 radical (unpaired) electrons. The van der Waals surface area contributed by atoms with Crippen LogP contribution >= 0.6 is 0 Å². The zero-order valence-corrected chi connectivity index (χ0v) is 24.8. The van der Waals surface area contributed by atoms with Gasteiger partial charge in [-0.2, -0.15) is 0 Å². The highest BCUT2D eigenvalue weighted by atomic mass is 16.3. The lowest BCUT2D eigenvalue weighted by Crippen LogP contribution is -2.06. The second-order valence-electron chi connectivity index (χ2n) is 11.6. The topological polar surface area (TPSA) is 20.2 Å². The van der Waals surface area contributed by atoms with E-state index in [-0.39, 0.29) is 6.10 Å². The molecule has 0 aliphatic rings. The number of unbranched alkanes of at least 4 members (excludes halogenated alkanes) is 27. The first-order chi connectivity index (χ1) is 17.3. The summed E-state index contributed by atoms with van der Waals surface area (Å²) in [6.07, 6.45) is 43.6. The largest absolute Gasteiger partial charge is 0.393 e. The Kier molecular flexibility index (Phi) is 32.0. The van der Waals surface area contributed by atoms with E-state index >= 15 is 0 Å². The molecule has 0 saturated heterocycles. The van der Waals surface area contributed by atoms with E-state index in [9.17, 15) is 5.11 Å². The Bertz CT molecular complexity index is 352. The summed E-state index contributed by atoms with van der Waals surface area (Å²) >= 11 is 0. The monoisotopic (exact) mass is 494 g/mol. The number of hydrogen-bond donors (Lipinski definition) is 1. The molecule has 0 aliphatic carbocycles. The van der Waals surface area contributed by atoms with Crippen LogP contribution < -0.4 is 0 Å². The first kappa shape index (κ1) is 35.0. The summed E-state index contributed by atoms with van der Waals surface area (Å²) in [4.78, 5) is 0. The normalized spacial score (nSPS) is 12.4. The Balaban J connectivity index is 3.13. The van der Waals surface area contributed by atoms with Gasteiger partial charge in [0.2, 0.25) is 0 Å². The second-order valence-corrected chi connectivity index (χ2v) is 11.6. The van der Waals surface area contributed by atoms with Gasteiger partial charge < -0.3 is 5.11 Å². The van der Waals surface area contributed by atoms with Gasteiger partial charge in [0.25, 0.3) is 0 Å². The van der Waals surface area contributed by atoms with Gasteiger partial charge in [0.15, 0.2) is 0 Å². The molecule has 0 rings (SSSR count). The van der Waals surface area contributed by atoms with Crippen molar-refractivity contribution in [1.29, 1.82) is 0 Å². The van der Waals surface area contributed by atoms with Crippen LogP contribution in [0.1, 0.15) is 206 Å². The highest BCUT2D eigenvalue weighted by Crippen LogP contribution is 2.16. The average molecular weight is 494 g/mol. The SMILES string of the molecule is CCCCCCCCCCCCCCCCC[CH]C(O)CCCCCCCCCCCCCCC. The smallest absolute Gasteiger partial charge is 0.0572 e. The summed E-state index contributed by atoms with van der Waals surface area (Å²) in [5, 5.41) is 10.2. The molecular formula is C34H69O. The fraction of sp³-hybridized carbons (Fsp3) is 0.971. The minimum absolute atomic E-state index is 0.158. The van der Waals surface area contributed by atoms with Crippen molar-refractivity contribution in [2.45, 2.75) is 213 Å². The van der Waals surface area contributed by atoms with Gasteiger partial charge in [-0.05, 0) is 19.3 Å². The van der Waals surface area contributed by atoms with E-state index in [0.717, 1.165) is 12.8 Å². The molecule has 1 N–H and O–H groups in total. The van der Waals surface area contributed by atoms with E-state index in [4.69, 9.17) is 0 Å². The average Bonchev–Trinajstić information content (AvgIpc) is 2.86. The Morgan fingerprint density at radius 2 is 0.629 bits per heavy atom. The minimum atomic E-state index is -0.158. The van der Waals surface area contributed by atoms with Gasteiger partial charge in [-0.15, -0.1) is 0 Å². The molecular weight excluding hydrogens is 424 g/mol. The highest BCUT2D eigenvalue weighted by Gasteiger charge is 2.04. The highest BCUT2D eigenvalue weighted by molar-refractivity contribution is 4.75. The predicted octanol–water partition coefficient (Wildman–Crippen LogP) is 12.3. The van der Waals surface area contributed by atoms with E-state index in [2.05, 4.69) is 20.3 Å². The Morgan fingerprint density at radius 3 is 0.943 bits per heavy atom. The molecule has 0 bridgehead atoms. The quantitative estimate of drug-likeness (QED) is 0.0952. The maximum Gasteiger partial charge on any atom is 0.0572 e. The number of aliphatic hydroxyl groups is 1. The van der Waals surface area contributed by atoms with Gasteiger partial charge in [-0.1, -0.05) is 194 Å². The predicted molar refractivity (Wildman–Crippen MR) is 160 cm³/mol. The van der Waals surface area contributed by atoms with Gasteiger partial charge in [0, 0.05) is 0 Å². The van der Waals surface area contributed by atoms with E-state index in [1.165, 1.54) is 180 Å². The van der Waals surface area contributed by atoms with E-state index in [1.54, 1.807) is 0 Å². The molecule has 0 amide bonds. The summed E-state index contributed by atoms with van der Waals surface area (Å²) in [6.45, 7) is 4.59. The van der Waals surface area contributed by atoms with Crippen molar-refractivity contribution in [3.63, 3.8) is 0 Å². The third-order valence-electron chi connectivity index (χ3n) is 7.85. The Morgan fingerprint density at radius 1 is 0.371 bits per heavy atom. The van der Waals surface area contributed by atoms with Crippen molar-refractivity contribution in [2.75, 3.05) is 0 Å². The first-order valence-corrected chi connectivity index (χ1v) is 16.8. The van der Waals surface area contributed by atoms with Crippen molar-refractivity contribution in [3.05, 3.63) is 6.42 Å². The van der Waals surface area contributed by atoms with E-state index in [1.807, 2.05) is 0 Å². The molecule has 1 unspecified atom stereocenters. The van der Waals surface area contributed by atoms with Gasteiger partial charge in [0.05, 0.1) is 6.10 Å². The Hall–Kier alpha value is -0.0400. The maximum absolute atomic E-state index is 10.2. The van der Waals surface area contributed by atoms with Crippen LogP contribution in [0, 0.1) is 6.42 Å². The van der Waals surface area contributed by atoms with Crippen molar-refractivity contribution in [3.8, 4) is 0 Å². The molecule has 1 nitrogen and oxygen atoms in total. The van der Waals surface area contributed by atoms with Crippen molar-refractivity contribution < 1.29 is 5.11 Å². The van der Waals surface area contributed by atoms with Crippen molar-refractivity contribution in [1.82, 2.24) is 0 Å². The zero-order valence-electron chi connectivity index (χ0n) is 24.8. The van der Waals surface area contributed by atoms with Crippen LogP contribution in [0.5, 0.6) is 0 Å². The molecule has 0 aromatic carbocycles. The summed E-state index contributed by atoms with van der Waals surface area (Å²) in [5.74, 6) is 0. The lowest BCUT2D eigenvalue weighted by molar-refractivity contribution is 0.187. The number of aliphatic hydroxyl groups excluding tert-OH is 1. The fourth-order valence-corrected chi connectivity index (χ4v) is 5.31. The summed E-state index contributed by atoms with van der Waals surface area (Å²) < 4.78 is 0. The summed E-state index contributed by atoms with van der Waals surface area (Å²) in [6, 6.07) is 0. The third kappa shape index (κ3) is 31.9. The molecule has 0 saturated carbocycles. The molecule has 211 valence electrons. The van der Waals surface area contributed by atoms with Gasteiger partial charge >= 0.3 is 0 Å². The lowest BCUT2D eigenvalue weighted by atomic mass is 10.0. The van der Waals surface area contributed by atoms with Gasteiger partial charge in [0.1, 0.15) is 0 Å². The van der Waals surface area contributed by atoms with E-state index < -0.39 is 0 Å². The van der Waals surface area contributed by atoms with Crippen LogP contribution in [0.2, 0.25) is 0 Å². The molecule has 35 heavy (non-hydrogen) atoms. The third-order valence-corrected chi connectivity index (χ3v) is 7.85. The summed E-state index contributed by atoms with van der Waals surface area (Å²) in [7, 11) is 0. The lowest BCUT2D eigenvalue weighted by Gasteiger charge is -2.10. The zero-order chi connectivity index (χ0) is 25.5. The molecule has 1 atom stereocenters. The van der Waals surface area contributed by atoms with Gasteiger partial charge in [-0.3, -0.25) is 0 Å². The van der Waals surface area contributed by atoms with Crippen LogP contribution in [-0.2, 0) is 0 Å². The Labute approximate surface area is 224 Å². The molecule has 0 spiro atoms. The van der Waals surface area contributed by atoms with Gasteiger partial charge in [-0.25, -0.2) is 0 Å². The van der Waals surface area contributed by atoms with Crippen LogP contribution in [0.25, 0.3) is 0 Å². The first-order valence-electron chi connectivity index (χ1n) is 16.8. The molecule has 0 heterocycles. The van der Waals surface area contributed by atoms with Crippen LogP contribution in [0.4, 0.5) is 0 Å². The second kappa shape index (κ2) is 32.0. The molecule has 0 aromatic heterocycles. The standard InChI is InChI=1S/C34H69O/c1-3-5-7-9-11-13-15-17-18-19-21-23-25-27-29-31-33-34(35)32-30-28-26-24-22-20-16-14-12-10-8-6-4-2/h33-35H,3-32H2,1-2H3. The molecule has 0 aromatic rings. The molecule has 1 heteroatoms. The summed E-state index contributed by atoms with van der Waals surface area (Å²) in [5.41, 5.74) is 0. The van der Waals surface area contributed by atoms with E-state index in [0.29, 0.717) is 0 Å². The molecule has 0 fully saturated rings. The number of rotatable bonds is 31. The fourth-order valence-electron chi connectivity index (χ4n) is 5.31. The number of hydrogen-bond acceptors (Lipinski definition) is 1. The molecule has 0 aliphatic heterocycles. The van der Waals surface area contributed by atoms with Crippen molar-refractivity contribution in [2.24, 2.45) is 0 Å². The maximum atomic E-state index is 10.2. The van der Waals surface area contributed by atoms with Crippen molar-refractivity contribution >= 4 is 0 Å². The minimum Gasteiger partial charge on any atom is -0.393 e.